The van der Waals surface area contributed by atoms with E-state index >= 15 is 0 Å². The van der Waals surface area contributed by atoms with Crippen LogP contribution in [0.3, 0.4) is 0 Å². The molecule has 1 unspecified atom stereocenters. The number of hydrogen-bond acceptors (Lipinski definition) is 3. The van der Waals surface area contributed by atoms with E-state index in [4.69, 9.17) is 5.11 Å². The third kappa shape index (κ3) is 2.83. The Balaban J connectivity index is 2.26. The fourth-order valence-corrected chi connectivity index (χ4v) is 3.49. The molecule has 94 valence electrons. The molecule has 0 saturated heterocycles. The Morgan fingerprint density at radius 2 is 2.17 bits per heavy atom. The Morgan fingerprint density at radius 3 is 2.78 bits per heavy atom. The zero-order valence-electron chi connectivity index (χ0n) is 9.13. The number of halogens is 1. The van der Waals surface area contributed by atoms with Gasteiger partial charge in [-0.05, 0) is 29.6 Å². The molecule has 0 aliphatic rings. The van der Waals surface area contributed by atoms with Crippen LogP contribution in [-0.4, -0.2) is 15.3 Å². The highest BCUT2D eigenvalue weighted by molar-refractivity contribution is 7.84. The van der Waals surface area contributed by atoms with Gasteiger partial charge in [0.1, 0.15) is 5.82 Å². The topological polar surface area (TPSA) is 54.4 Å². The Hall–Kier alpha value is -1.53. The second-order valence-corrected chi connectivity index (χ2v) is 6.00. The van der Waals surface area contributed by atoms with Gasteiger partial charge >= 0.3 is 5.97 Å². The number of benzene rings is 1. The lowest BCUT2D eigenvalue weighted by Crippen LogP contribution is -2.03. The minimum atomic E-state index is -1.37. The van der Waals surface area contributed by atoms with Gasteiger partial charge < -0.3 is 5.11 Å². The predicted molar refractivity (Wildman–Crippen MR) is 67.8 cm³/mol. The molecule has 0 saturated carbocycles. The lowest BCUT2D eigenvalue weighted by Gasteiger charge is -2.03. The minimum Gasteiger partial charge on any atom is -0.478 e. The maximum absolute atomic E-state index is 13.2. The molecule has 2 rings (SSSR count). The van der Waals surface area contributed by atoms with Crippen LogP contribution in [0.25, 0.3) is 0 Å². The number of hydrogen-bond donors (Lipinski definition) is 1. The van der Waals surface area contributed by atoms with Crippen molar-refractivity contribution in [3.63, 3.8) is 0 Å². The summed E-state index contributed by atoms with van der Waals surface area (Å²) in [4.78, 5) is 12.0. The average molecular weight is 284 g/mol. The van der Waals surface area contributed by atoms with E-state index in [1.54, 1.807) is 0 Å². The Bertz CT molecular complexity index is 593. The summed E-state index contributed by atoms with van der Waals surface area (Å²) >= 11 is 1.48. The molecule has 1 atom stereocenters. The van der Waals surface area contributed by atoms with Crippen LogP contribution in [0.5, 0.6) is 0 Å². The van der Waals surface area contributed by atoms with Crippen LogP contribution < -0.4 is 0 Å². The summed E-state index contributed by atoms with van der Waals surface area (Å²) in [5, 5.41) is 10.7. The van der Waals surface area contributed by atoms with Crippen molar-refractivity contribution >= 4 is 28.1 Å². The molecule has 1 aromatic heterocycles. The Kier molecular flexibility index (Phi) is 3.88. The highest BCUT2D eigenvalue weighted by Crippen LogP contribution is 2.18. The third-order valence-corrected chi connectivity index (χ3v) is 4.70. The molecule has 6 heteroatoms. The molecule has 1 aromatic carbocycles. The van der Waals surface area contributed by atoms with Gasteiger partial charge in [0.2, 0.25) is 0 Å². The maximum atomic E-state index is 13.2. The monoisotopic (exact) mass is 284 g/mol. The van der Waals surface area contributed by atoms with Gasteiger partial charge in [-0.25, -0.2) is 9.18 Å². The number of thiophene rings is 1. The number of carboxylic acids is 1. The summed E-state index contributed by atoms with van der Waals surface area (Å²) in [6.45, 7) is 0. The van der Waals surface area contributed by atoms with Gasteiger partial charge in [-0.2, -0.15) is 0 Å². The normalized spacial score (nSPS) is 12.3. The molecule has 3 nitrogen and oxygen atoms in total. The third-order valence-electron chi connectivity index (χ3n) is 2.28. The van der Waals surface area contributed by atoms with Crippen molar-refractivity contribution in [2.45, 2.75) is 10.6 Å². The van der Waals surface area contributed by atoms with Crippen LogP contribution in [0.1, 0.15) is 15.2 Å². The first-order chi connectivity index (χ1) is 8.58. The van der Waals surface area contributed by atoms with Crippen molar-refractivity contribution in [3.05, 3.63) is 52.0 Å². The molecule has 0 radical (unpaired) electrons. The fourth-order valence-electron chi connectivity index (χ4n) is 1.42. The van der Waals surface area contributed by atoms with Gasteiger partial charge in [0.25, 0.3) is 0 Å². The molecule has 0 aliphatic heterocycles. The van der Waals surface area contributed by atoms with Gasteiger partial charge in [-0.15, -0.1) is 11.3 Å². The average Bonchev–Trinajstić information content (AvgIpc) is 2.81. The summed E-state index contributed by atoms with van der Waals surface area (Å²) in [5.41, 5.74) is -0.452. The smallest absolute Gasteiger partial charge is 0.338 e. The molecule has 1 heterocycles. The standard InChI is InChI=1S/C12H9FO3S2/c13-11-4-3-9(6-10(11)12(14)15)18(16)7-8-2-1-5-17-8/h1-6H,7H2,(H,14,15). The SMILES string of the molecule is O=C(O)c1cc(S(=O)Cc2cccs2)ccc1F. The van der Waals surface area contributed by atoms with Gasteiger partial charge in [-0.3, -0.25) is 4.21 Å². The summed E-state index contributed by atoms with van der Waals surface area (Å²) in [6, 6.07) is 7.22. The van der Waals surface area contributed by atoms with Crippen molar-refractivity contribution in [2.75, 3.05) is 0 Å². The van der Waals surface area contributed by atoms with Crippen molar-refractivity contribution in [2.24, 2.45) is 0 Å². The first-order valence-corrected chi connectivity index (χ1v) is 7.21. The largest absolute Gasteiger partial charge is 0.478 e. The van der Waals surface area contributed by atoms with E-state index in [0.717, 1.165) is 17.0 Å². The highest BCUT2D eigenvalue weighted by Gasteiger charge is 2.14. The second kappa shape index (κ2) is 5.41. The molecule has 1 N–H and O–H groups in total. The maximum Gasteiger partial charge on any atom is 0.338 e. The van der Waals surface area contributed by atoms with Crippen molar-refractivity contribution < 1.29 is 18.5 Å². The van der Waals surface area contributed by atoms with E-state index < -0.39 is 28.1 Å². The minimum absolute atomic E-state index is 0.308. The van der Waals surface area contributed by atoms with Crippen molar-refractivity contribution in [3.8, 4) is 0 Å². The van der Waals surface area contributed by atoms with E-state index in [0.29, 0.717) is 10.6 Å². The van der Waals surface area contributed by atoms with Crippen LogP contribution in [0, 0.1) is 5.82 Å². The van der Waals surface area contributed by atoms with Crippen molar-refractivity contribution in [1.29, 1.82) is 0 Å². The second-order valence-electron chi connectivity index (χ2n) is 3.52. The molecule has 0 bridgehead atoms. The first kappa shape index (κ1) is 12.9. The first-order valence-electron chi connectivity index (χ1n) is 5.01. The molecule has 18 heavy (non-hydrogen) atoms. The molecular formula is C12H9FO3S2. The summed E-state index contributed by atoms with van der Waals surface area (Å²) in [5.74, 6) is -1.87. The van der Waals surface area contributed by atoms with E-state index in [-0.39, 0.29) is 0 Å². The van der Waals surface area contributed by atoms with Crippen molar-refractivity contribution in [1.82, 2.24) is 0 Å². The van der Waals surface area contributed by atoms with Crippen LogP contribution >= 0.6 is 11.3 Å². The fraction of sp³-hybridized carbons (Fsp3) is 0.0833. The zero-order valence-corrected chi connectivity index (χ0v) is 10.8. The summed E-state index contributed by atoms with van der Waals surface area (Å²) < 4.78 is 25.2. The summed E-state index contributed by atoms with van der Waals surface area (Å²) in [7, 11) is -1.37. The lowest BCUT2D eigenvalue weighted by atomic mass is 10.2. The van der Waals surface area contributed by atoms with Crippen LogP contribution in [0.2, 0.25) is 0 Å². The van der Waals surface area contributed by atoms with Gasteiger partial charge in [0.05, 0.1) is 22.1 Å². The Morgan fingerprint density at radius 1 is 1.39 bits per heavy atom. The van der Waals surface area contributed by atoms with E-state index in [1.807, 2.05) is 17.5 Å². The molecule has 0 spiro atoms. The molecular weight excluding hydrogens is 275 g/mol. The van der Waals surface area contributed by atoms with Crippen LogP contribution in [0.4, 0.5) is 4.39 Å². The number of rotatable bonds is 4. The number of carboxylic acid groups (broad SMARTS) is 1. The summed E-state index contributed by atoms with van der Waals surface area (Å²) in [6.07, 6.45) is 0. The van der Waals surface area contributed by atoms with E-state index in [1.165, 1.54) is 17.4 Å². The van der Waals surface area contributed by atoms with Crippen LogP contribution in [0.15, 0.2) is 40.6 Å². The molecule has 0 aliphatic carbocycles. The van der Waals surface area contributed by atoms with E-state index in [2.05, 4.69) is 0 Å². The van der Waals surface area contributed by atoms with Crippen LogP contribution in [-0.2, 0) is 16.6 Å². The van der Waals surface area contributed by atoms with Gasteiger partial charge in [-0.1, -0.05) is 6.07 Å². The number of aromatic carboxylic acids is 1. The zero-order chi connectivity index (χ0) is 13.1. The quantitative estimate of drug-likeness (QED) is 0.939. The number of carbonyl (C=O) groups is 1. The Labute approximate surface area is 109 Å². The predicted octanol–water partition coefficient (Wildman–Crippen LogP) is 2.89. The van der Waals surface area contributed by atoms with E-state index in [9.17, 15) is 13.4 Å². The molecule has 2 aromatic rings. The molecule has 0 fully saturated rings. The molecule has 0 amide bonds. The van der Waals surface area contributed by atoms with Gasteiger partial charge in [0.15, 0.2) is 0 Å². The lowest BCUT2D eigenvalue weighted by molar-refractivity contribution is 0.0691. The van der Waals surface area contributed by atoms with Gasteiger partial charge in [0, 0.05) is 9.77 Å². The highest BCUT2D eigenvalue weighted by atomic mass is 32.2.